The summed E-state index contributed by atoms with van der Waals surface area (Å²) in [6.07, 6.45) is 5.26. The van der Waals surface area contributed by atoms with E-state index >= 15 is 0 Å². The average Bonchev–Trinajstić information content (AvgIpc) is 3.16. The molecule has 1 fully saturated rings. The number of anilines is 1. The molecule has 4 rings (SSSR count). The van der Waals surface area contributed by atoms with Gasteiger partial charge in [0.05, 0.1) is 12.1 Å². The zero-order valence-corrected chi connectivity index (χ0v) is 23.8. The van der Waals surface area contributed by atoms with E-state index in [0.29, 0.717) is 5.92 Å². The number of nitrogens with zero attached hydrogens (tertiary/aromatic N) is 1. The third-order valence-electron chi connectivity index (χ3n) is 8.21. The Kier molecular flexibility index (Phi) is 6.87. The van der Waals surface area contributed by atoms with E-state index in [1.807, 2.05) is 24.4 Å². The molecule has 1 N–H and O–H groups in total. The maximum atomic E-state index is 6.74. The van der Waals surface area contributed by atoms with Gasteiger partial charge in [0.25, 0.3) is 0 Å². The van der Waals surface area contributed by atoms with Gasteiger partial charge in [-0.3, -0.25) is 0 Å². The predicted molar refractivity (Wildman–Crippen MR) is 145 cm³/mol. The van der Waals surface area contributed by atoms with Crippen molar-refractivity contribution in [1.82, 2.24) is 4.98 Å². The standard InChI is InChI=1S/C28H41ClN2O2Si/c1-18-13-21(15-25(18)33-34(7,8)27(2,3)4)32-20-11-12-30-26(16-20)31-24-17-28(5,6)23-14-19(29)9-10-22(23)24/h9-12,14,16,18,21,24-25H,13,15,17H2,1-8H3,(H,30,31)/t18-,21+,24-,25-/m0/s1. The second-order valence-corrected chi connectivity index (χ2v) is 17.7. The van der Waals surface area contributed by atoms with Crippen LogP contribution in [0.25, 0.3) is 0 Å². The van der Waals surface area contributed by atoms with E-state index in [0.717, 1.165) is 35.9 Å². The largest absolute Gasteiger partial charge is 0.490 e. The normalized spacial score (nSPS) is 26.4. The van der Waals surface area contributed by atoms with E-state index in [2.05, 4.69) is 77.1 Å². The summed E-state index contributed by atoms with van der Waals surface area (Å²) in [5, 5.41) is 4.66. The predicted octanol–water partition coefficient (Wildman–Crippen LogP) is 8.14. The van der Waals surface area contributed by atoms with E-state index in [4.69, 9.17) is 20.8 Å². The molecule has 1 heterocycles. The van der Waals surface area contributed by atoms with Gasteiger partial charge >= 0.3 is 0 Å². The summed E-state index contributed by atoms with van der Waals surface area (Å²) in [7, 11) is -1.79. The van der Waals surface area contributed by atoms with Crippen LogP contribution in [-0.4, -0.2) is 25.5 Å². The van der Waals surface area contributed by atoms with Gasteiger partial charge in [0.1, 0.15) is 17.7 Å². The molecule has 0 saturated heterocycles. The number of benzene rings is 1. The second-order valence-electron chi connectivity index (χ2n) is 12.5. The molecule has 0 bridgehead atoms. The first-order chi connectivity index (χ1) is 15.7. The fourth-order valence-electron chi connectivity index (χ4n) is 5.18. The monoisotopic (exact) mass is 500 g/mol. The van der Waals surface area contributed by atoms with Crippen LogP contribution < -0.4 is 10.1 Å². The summed E-state index contributed by atoms with van der Waals surface area (Å²) < 4.78 is 13.2. The van der Waals surface area contributed by atoms with Crippen molar-refractivity contribution in [3.63, 3.8) is 0 Å². The molecule has 0 unspecified atom stereocenters. The van der Waals surface area contributed by atoms with Crippen molar-refractivity contribution in [1.29, 1.82) is 0 Å². The minimum absolute atomic E-state index is 0.0746. The Morgan fingerprint density at radius 2 is 1.85 bits per heavy atom. The quantitative estimate of drug-likeness (QED) is 0.406. The number of halogens is 1. The molecule has 6 heteroatoms. The molecule has 186 valence electrons. The maximum Gasteiger partial charge on any atom is 0.192 e. The van der Waals surface area contributed by atoms with Gasteiger partial charge in [-0.2, -0.15) is 0 Å². The first-order valence-electron chi connectivity index (χ1n) is 12.6. The van der Waals surface area contributed by atoms with Crippen molar-refractivity contribution >= 4 is 25.7 Å². The number of pyridine rings is 1. The zero-order chi connectivity index (χ0) is 24.9. The number of fused-ring (bicyclic) bond motifs is 1. The maximum absolute atomic E-state index is 6.74. The third-order valence-corrected chi connectivity index (χ3v) is 12.9. The van der Waals surface area contributed by atoms with Crippen LogP contribution in [0.4, 0.5) is 5.82 Å². The number of ether oxygens (including phenoxy) is 1. The number of aromatic nitrogens is 1. The molecule has 0 amide bonds. The smallest absolute Gasteiger partial charge is 0.192 e. The summed E-state index contributed by atoms with van der Waals surface area (Å²) in [4.78, 5) is 4.58. The topological polar surface area (TPSA) is 43.4 Å². The van der Waals surface area contributed by atoms with Crippen LogP contribution in [0.5, 0.6) is 5.75 Å². The molecular formula is C28H41ClN2O2Si. The second kappa shape index (κ2) is 9.14. The minimum Gasteiger partial charge on any atom is -0.490 e. The van der Waals surface area contributed by atoms with Gasteiger partial charge in [-0.05, 0) is 71.6 Å². The Bertz CT molecular complexity index is 1030. The van der Waals surface area contributed by atoms with Crippen LogP contribution in [0.3, 0.4) is 0 Å². The average molecular weight is 501 g/mol. The van der Waals surface area contributed by atoms with Crippen molar-refractivity contribution in [2.45, 2.75) is 103 Å². The van der Waals surface area contributed by atoms with Crippen molar-refractivity contribution in [3.05, 3.63) is 52.7 Å². The molecule has 2 aliphatic rings. The van der Waals surface area contributed by atoms with Gasteiger partial charge < -0.3 is 14.5 Å². The third kappa shape index (κ3) is 5.32. The van der Waals surface area contributed by atoms with Crippen LogP contribution >= 0.6 is 11.6 Å². The number of hydrogen-bond acceptors (Lipinski definition) is 4. The van der Waals surface area contributed by atoms with Crippen LogP contribution in [-0.2, 0) is 9.84 Å². The SMILES string of the molecule is C[C@H]1C[C@@H](Oc2ccnc(N[C@H]3CC(C)(C)c4cc(Cl)ccc43)c2)C[C@@H]1O[Si](C)(C)C(C)(C)C. The number of nitrogens with one attached hydrogen (secondary N) is 1. The molecule has 2 aromatic rings. The van der Waals surface area contributed by atoms with Crippen molar-refractivity contribution in [2.24, 2.45) is 5.92 Å². The molecule has 1 aromatic carbocycles. The zero-order valence-electron chi connectivity index (χ0n) is 22.0. The molecule has 1 saturated carbocycles. The lowest BCUT2D eigenvalue weighted by molar-refractivity contribution is 0.137. The molecule has 2 aliphatic carbocycles. The van der Waals surface area contributed by atoms with Crippen LogP contribution in [0.15, 0.2) is 36.5 Å². The van der Waals surface area contributed by atoms with E-state index in [-0.39, 0.29) is 28.7 Å². The van der Waals surface area contributed by atoms with Crippen LogP contribution in [0.1, 0.15) is 78.0 Å². The Balaban J connectivity index is 1.42. The molecule has 1 aromatic heterocycles. The van der Waals surface area contributed by atoms with E-state index in [1.165, 1.54) is 11.1 Å². The lowest BCUT2D eigenvalue weighted by atomic mass is 9.86. The highest BCUT2D eigenvalue weighted by atomic mass is 35.5. The lowest BCUT2D eigenvalue weighted by Crippen LogP contribution is -2.44. The Morgan fingerprint density at radius 1 is 1.12 bits per heavy atom. The van der Waals surface area contributed by atoms with Crippen molar-refractivity contribution in [2.75, 3.05) is 5.32 Å². The number of hydrogen-bond donors (Lipinski definition) is 1. The Hall–Kier alpha value is -1.56. The van der Waals surface area contributed by atoms with Crippen molar-refractivity contribution in [3.8, 4) is 5.75 Å². The Morgan fingerprint density at radius 3 is 2.56 bits per heavy atom. The molecular weight excluding hydrogens is 460 g/mol. The molecule has 4 nitrogen and oxygen atoms in total. The highest BCUT2D eigenvalue weighted by Gasteiger charge is 2.43. The first-order valence-corrected chi connectivity index (χ1v) is 15.9. The summed E-state index contributed by atoms with van der Waals surface area (Å²) in [6.45, 7) is 18.4. The molecule has 0 spiro atoms. The molecule has 0 aliphatic heterocycles. The van der Waals surface area contributed by atoms with Gasteiger partial charge in [0.2, 0.25) is 0 Å². The van der Waals surface area contributed by atoms with Crippen LogP contribution in [0, 0.1) is 5.92 Å². The number of rotatable bonds is 6. The van der Waals surface area contributed by atoms with Gasteiger partial charge in [-0.1, -0.05) is 59.2 Å². The first kappa shape index (κ1) is 25.5. The van der Waals surface area contributed by atoms with Gasteiger partial charge in [-0.25, -0.2) is 4.98 Å². The lowest BCUT2D eigenvalue weighted by Gasteiger charge is -2.39. The van der Waals surface area contributed by atoms with E-state index < -0.39 is 8.32 Å². The molecule has 0 radical (unpaired) electrons. The fourth-order valence-corrected chi connectivity index (χ4v) is 6.79. The summed E-state index contributed by atoms with van der Waals surface area (Å²) in [5.41, 5.74) is 2.70. The van der Waals surface area contributed by atoms with Gasteiger partial charge in [0, 0.05) is 23.7 Å². The summed E-state index contributed by atoms with van der Waals surface area (Å²) >= 11 is 6.28. The van der Waals surface area contributed by atoms with E-state index in [9.17, 15) is 0 Å². The molecule has 4 atom stereocenters. The van der Waals surface area contributed by atoms with E-state index in [1.54, 1.807) is 0 Å². The summed E-state index contributed by atoms with van der Waals surface area (Å²) in [5.74, 6) is 2.22. The van der Waals surface area contributed by atoms with Gasteiger partial charge in [0.15, 0.2) is 8.32 Å². The fraction of sp³-hybridized carbons (Fsp3) is 0.607. The minimum atomic E-state index is -1.79. The highest BCUT2D eigenvalue weighted by molar-refractivity contribution is 6.74. The highest BCUT2D eigenvalue weighted by Crippen LogP contribution is 2.47. The van der Waals surface area contributed by atoms with Gasteiger partial charge in [-0.15, -0.1) is 0 Å². The molecule has 34 heavy (non-hydrogen) atoms. The van der Waals surface area contributed by atoms with Crippen LogP contribution in [0.2, 0.25) is 23.2 Å². The van der Waals surface area contributed by atoms with Crippen molar-refractivity contribution < 1.29 is 9.16 Å². The Labute approximate surface area is 211 Å². The summed E-state index contributed by atoms with van der Waals surface area (Å²) in [6, 6.07) is 10.4.